The summed E-state index contributed by atoms with van der Waals surface area (Å²) in [5.74, 6) is 1.15. The normalized spacial score (nSPS) is 10.6. The molecule has 35 heavy (non-hydrogen) atoms. The van der Waals surface area contributed by atoms with E-state index in [4.69, 9.17) is 23.7 Å². The Morgan fingerprint density at radius 2 is 1.03 bits per heavy atom. The maximum atomic E-state index is 11.2. The molecule has 0 unspecified atom stereocenters. The van der Waals surface area contributed by atoms with E-state index in [2.05, 4.69) is 24.5 Å². The van der Waals surface area contributed by atoms with E-state index in [1.54, 1.807) is 14.1 Å². The van der Waals surface area contributed by atoms with Crippen LogP contribution in [0.15, 0.2) is 36.4 Å². The Bertz CT molecular complexity index is 949. The third-order valence-corrected chi connectivity index (χ3v) is 5.10. The number of hydrogen-bond donors (Lipinski definition) is 2. The van der Waals surface area contributed by atoms with E-state index in [1.165, 1.54) is 0 Å². The first-order valence-electron chi connectivity index (χ1n) is 11.6. The van der Waals surface area contributed by atoms with Gasteiger partial charge in [0.15, 0.2) is 0 Å². The summed E-state index contributed by atoms with van der Waals surface area (Å²) in [7, 11) is 3.14. The van der Waals surface area contributed by atoms with Crippen LogP contribution < -0.4 is 20.1 Å². The SMILES string of the molecule is CNC(=O)COCCOCCOc1ccc(C)c(-c2cc(OCCOCC(=O)NC)ccc2C)c1. The van der Waals surface area contributed by atoms with Crippen molar-refractivity contribution in [2.24, 2.45) is 0 Å². The zero-order chi connectivity index (χ0) is 25.5. The number of rotatable bonds is 16. The highest BCUT2D eigenvalue weighted by molar-refractivity contribution is 5.77. The Balaban J connectivity index is 1.85. The molecule has 0 saturated carbocycles. The fourth-order valence-electron chi connectivity index (χ4n) is 3.09. The Hall–Kier alpha value is -3.14. The van der Waals surface area contributed by atoms with Crippen molar-refractivity contribution in [3.8, 4) is 22.6 Å². The molecule has 0 atom stereocenters. The van der Waals surface area contributed by atoms with Crippen LogP contribution in [0.3, 0.4) is 0 Å². The standard InChI is InChI=1S/C26H36N2O7/c1-19-5-7-21(34-13-11-31-9-10-32-17-25(29)27-3)15-23(19)24-16-22(8-6-20(24)2)35-14-12-33-18-26(30)28-4/h5-8,15-16H,9-14,17-18H2,1-4H3,(H,27,29)(H,28,30). The van der Waals surface area contributed by atoms with Crippen LogP contribution in [0.25, 0.3) is 11.1 Å². The van der Waals surface area contributed by atoms with Crippen molar-refractivity contribution >= 4 is 11.8 Å². The van der Waals surface area contributed by atoms with Crippen molar-refractivity contribution < 1.29 is 33.3 Å². The highest BCUT2D eigenvalue weighted by atomic mass is 16.5. The second-order valence-electron chi connectivity index (χ2n) is 7.71. The van der Waals surface area contributed by atoms with Crippen LogP contribution in [-0.4, -0.2) is 78.8 Å². The molecule has 2 rings (SSSR count). The van der Waals surface area contributed by atoms with Crippen LogP contribution in [0.4, 0.5) is 0 Å². The summed E-state index contributed by atoms with van der Waals surface area (Å²) in [4.78, 5) is 22.3. The average molecular weight is 489 g/mol. The molecule has 2 aromatic carbocycles. The van der Waals surface area contributed by atoms with Gasteiger partial charge in [-0.05, 0) is 60.4 Å². The predicted octanol–water partition coefficient (Wildman–Crippen LogP) is 2.27. The summed E-state index contributed by atoms with van der Waals surface area (Å²) in [5.41, 5.74) is 4.36. The lowest BCUT2D eigenvalue weighted by molar-refractivity contribution is -0.126. The van der Waals surface area contributed by atoms with E-state index in [1.807, 2.05) is 36.4 Å². The predicted molar refractivity (Wildman–Crippen MR) is 133 cm³/mol. The first-order valence-corrected chi connectivity index (χ1v) is 11.6. The molecule has 0 saturated heterocycles. The molecule has 0 aliphatic heterocycles. The van der Waals surface area contributed by atoms with Gasteiger partial charge >= 0.3 is 0 Å². The molecule has 9 nitrogen and oxygen atoms in total. The molecule has 0 aliphatic rings. The van der Waals surface area contributed by atoms with Gasteiger partial charge in [-0.2, -0.15) is 0 Å². The molecule has 2 N–H and O–H groups in total. The number of aryl methyl sites for hydroxylation is 2. The van der Waals surface area contributed by atoms with E-state index in [9.17, 15) is 9.59 Å². The molecular weight excluding hydrogens is 452 g/mol. The van der Waals surface area contributed by atoms with Gasteiger partial charge in [-0.3, -0.25) is 9.59 Å². The maximum absolute atomic E-state index is 11.2. The summed E-state index contributed by atoms with van der Waals surface area (Å²) in [6.07, 6.45) is 0. The monoisotopic (exact) mass is 488 g/mol. The first kappa shape index (κ1) is 28.1. The summed E-state index contributed by atoms with van der Waals surface area (Å²) < 4.78 is 27.6. The quantitative estimate of drug-likeness (QED) is 0.349. The number of hydrogen-bond acceptors (Lipinski definition) is 7. The second-order valence-corrected chi connectivity index (χ2v) is 7.71. The fraction of sp³-hybridized carbons (Fsp3) is 0.462. The van der Waals surface area contributed by atoms with Crippen LogP contribution in [0.2, 0.25) is 0 Å². The number of benzene rings is 2. The molecule has 192 valence electrons. The lowest BCUT2D eigenvalue weighted by Gasteiger charge is -2.15. The largest absolute Gasteiger partial charge is 0.491 e. The summed E-state index contributed by atoms with van der Waals surface area (Å²) >= 11 is 0. The molecule has 9 heteroatoms. The van der Waals surface area contributed by atoms with Gasteiger partial charge in [0.25, 0.3) is 0 Å². The molecule has 0 aromatic heterocycles. The third kappa shape index (κ3) is 10.3. The molecule has 0 bridgehead atoms. The Morgan fingerprint density at radius 3 is 1.49 bits per heavy atom. The van der Waals surface area contributed by atoms with Crippen LogP contribution in [0.1, 0.15) is 11.1 Å². The van der Waals surface area contributed by atoms with Gasteiger partial charge in [-0.25, -0.2) is 0 Å². The van der Waals surface area contributed by atoms with Gasteiger partial charge in [0.1, 0.15) is 37.9 Å². The van der Waals surface area contributed by atoms with Crippen molar-refractivity contribution in [2.45, 2.75) is 13.8 Å². The van der Waals surface area contributed by atoms with Crippen LogP contribution >= 0.6 is 0 Å². The molecule has 0 spiro atoms. The third-order valence-electron chi connectivity index (χ3n) is 5.10. The molecule has 0 aliphatic carbocycles. The van der Waals surface area contributed by atoms with Gasteiger partial charge in [-0.1, -0.05) is 12.1 Å². The molecule has 2 aromatic rings. The van der Waals surface area contributed by atoms with Gasteiger partial charge in [0.2, 0.25) is 11.8 Å². The molecule has 0 fully saturated rings. The summed E-state index contributed by atoms with van der Waals surface area (Å²) in [6, 6.07) is 11.9. The lowest BCUT2D eigenvalue weighted by Crippen LogP contribution is -2.24. The van der Waals surface area contributed by atoms with Crippen molar-refractivity contribution in [2.75, 3.05) is 67.0 Å². The number of likely N-dealkylation sites (N-methyl/N-ethyl adjacent to an activating group) is 2. The smallest absolute Gasteiger partial charge is 0.245 e. The zero-order valence-electron chi connectivity index (χ0n) is 21.0. The summed E-state index contributed by atoms with van der Waals surface area (Å²) in [5, 5.41) is 5.00. The summed E-state index contributed by atoms with van der Waals surface area (Å²) in [6.45, 7) is 6.37. The zero-order valence-corrected chi connectivity index (χ0v) is 21.0. The van der Waals surface area contributed by atoms with E-state index in [0.717, 1.165) is 33.8 Å². The number of carbonyl (C=O) groups is 2. The number of nitrogens with one attached hydrogen (secondary N) is 2. The maximum Gasteiger partial charge on any atom is 0.245 e. The van der Waals surface area contributed by atoms with Crippen molar-refractivity contribution in [3.63, 3.8) is 0 Å². The topological polar surface area (TPSA) is 104 Å². The minimum atomic E-state index is -0.168. The molecule has 0 radical (unpaired) electrons. The average Bonchev–Trinajstić information content (AvgIpc) is 2.86. The molecule has 2 amide bonds. The van der Waals surface area contributed by atoms with Crippen molar-refractivity contribution in [1.82, 2.24) is 10.6 Å². The minimum Gasteiger partial charge on any atom is -0.491 e. The minimum absolute atomic E-state index is 0.0154. The van der Waals surface area contributed by atoms with Gasteiger partial charge in [-0.15, -0.1) is 0 Å². The van der Waals surface area contributed by atoms with E-state index in [-0.39, 0.29) is 25.0 Å². The van der Waals surface area contributed by atoms with E-state index < -0.39 is 0 Å². The van der Waals surface area contributed by atoms with Gasteiger partial charge < -0.3 is 34.3 Å². The Kier molecular flexibility index (Phi) is 12.6. The molecular formula is C26H36N2O7. The van der Waals surface area contributed by atoms with E-state index >= 15 is 0 Å². The van der Waals surface area contributed by atoms with Crippen LogP contribution in [0, 0.1) is 13.8 Å². The Labute approximate surface area is 207 Å². The van der Waals surface area contributed by atoms with Crippen LogP contribution in [0.5, 0.6) is 11.5 Å². The van der Waals surface area contributed by atoms with E-state index in [0.29, 0.717) is 39.6 Å². The Morgan fingerprint density at radius 1 is 0.629 bits per heavy atom. The van der Waals surface area contributed by atoms with Gasteiger partial charge in [0, 0.05) is 14.1 Å². The van der Waals surface area contributed by atoms with Gasteiger partial charge in [0.05, 0.1) is 26.4 Å². The first-order chi connectivity index (χ1) is 16.9. The highest BCUT2D eigenvalue weighted by Crippen LogP contribution is 2.32. The van der Waals surface area contributed by atoms with Crippen LogP contribution in [-0.2, 0) is 23.8 Å². The van der Waals surface area contributed by atoms with Crippen molar-refractivity contribution in [1.29, 1.82) is 0 Å². The number of amides is 2. The second kappa shape index (κ2) is 15.7. The molecule has 0 heterocycles. The lowest BCUT2D eigenvalue weighted by atomic mass is 9.96. The number of carbonyl (C=O) groups excluding carboxylic acids is 2. The number of ether oxygens (including phenoxy) is 5. The highest BCUT2D eigenvalue weighted by Gasteiger charge is 2.09. The van der Waals surface area contributed by atoms with Crippen molar-refractivity contribution in [3.05, 3.63) is 47.5 Å². The fourth-order valence-corrected chi connectivity index (χ4v) is 3.09.